The molecule has 5 aliphatic rings. The van der Waals surface area contributed by atoms with Crippen LogP contribution in [0, 0.1) is 24.1 Å². The van der Waals surface area contributed by atoms with Crippen molar-refractivity contribution in [3.8, 4) is 35.4 Å². The Morgan fingerprint density at radius 3 is 2.89 bits per heavy atom. The molecule has 2 N–H and O–H groups in total. The largest absolute Gasteiger partial charge is 0.508 e. The van der Waals surface area contributed by atoms with E-state index in [1.165, 1.54) is 6.07 Å². The van der Waals surface area contributed by atoms with Gasteiger partial charge in [0.15, 0.2) is 5.82 Å². The number of aromatic hydroxyl groups is 1. The lowest BCUT2D eigenvalue weighted by Gasteiger charge is -2.35. The van der Waals surface area contributed by atoms with E-state index in [-0.39, 0.29) is 28.5 Å². The lowest BCUT2D eigenvalue weighted by atomic mass is 9.90. The maximum absolute atomic E-state index is 16.9. The Morgan fingerprint density at radius 2 is 2.04 bits per heavy atom. The number of hydrogen-bond donors (Lipinski definition) is 2. The predicted octanol–water partition coefficient (Wildman–Crippen LogP) is 4.24. The van der Waals surface area contributed by atoms with Crippen LogP contribution < -0.4 is 15.0 Å². The highest BCUT2D eigenvalue weighted by atomic mass is 19.1. The first-order chi connectivity index (χ1) is 22.0. The van der Waals surface area contributed by atoms with Gasteiger partial charge in [0.25, 0.3) is 0 Å². The maximum atomic E-state index is 16.9. The number of phenols is 1. The average molecular weight is 607 g/mol. The van der Waals surface area contributed by atoms with E-state index in [1.54, 1.807) is 12.3 Å². The molecule has 0 aliphatic carbocycles. The summed E-state index contributed by atoms with van der Waals surface area (Å²) in [5, 5.41) is 16.2. The van der Waals surface area contributed by atoms with Gasteiger partial charge in [0, 0.05) is 59.8 Å². The molecule has 7 heterocycles. The normalized spacial score (nSPS) is 28.9. The molecular weight excluding hydrogens is 571 g/mol. The fourth-order valence-electron chi connectivity index (χ4n) is 8.93. The molecule has 5 fully saturated rings. The van der Waals surface area contributed by atoms with Crippen LogP contribution in [0.1, 0.15) is 37.7 Å². The first-order valence-electron chi connectivity index (χ1n) is 16.1. The van der Waals surface area contributed by atoms with E-state index in [0.717, 1.165) is 65.0 Å². The third-order valence-electron chi connectivity index (χ3n) is 10.9. The number of ether oxygens (including phenoxy) is 2. The topological polar surface area (TPSA) is 95.9 Å². The van der Waals surface area contributed by atoms with E-state index in [2.05, 4.69) is 26.0 Å². The summed E-state index contributed by atoms with van der Waals surface area (Å²) < 4.78 is 29.2. The first kappa shape index (κ1) is 27.3. The number of nitrogens with zero attached hydrogens (tertiary/aromatic N) is 5. The summed E-state index contributed by atoms with van der Waals surface area (Å²) >= 11 is 0. The van der Waals surface area contributed by atoms with Crippen LogP contribution >= 0.6 is 0 Å². The van der Waals surface area contributed by atoms with E-state index < -0.39 is 5.82 Å². The van der Waals surface area contributed by atoms with Crippen molar-refractivity contribution in [3.63, 3.8) is 0 Å². The van der Waals surface area contributed by atoms with E-state index in [1.807, 2.05) is 18.2 Å². The molecule has 0 saturated carbocycles. The van der Waals surface area contributed by atoms with Crippen molar-refractivity contribution >= 4 is 27.5 Å². The smallest absolute Gasteiger partial charge is 0.319 e. The number of hydrogen-bond acceptors (Lipinski definition) is 9. The molecule has 9 nitrogen and oxygen atoms in total. The fraction of sp³-hybridized carbons (Fsp3) is 0.457. The second-order valence-corrected chi connectivity index (χ2v) is 13.5. The van der Waals surface area contributed by atoms with Crippen molar-refractivity contribution in [2.45, 2.75) is 55.8 Å². The number of terminal acetylenes is 1. The Kier molecular flexibility index (Phi) is 6.21. The van der Waals surface area contributed by atoms with Gasteiger partial charge in [-0.15, -0.1) is 6.42 Å². The third kappa shape index (κ3) is 4.28. The first-order valence-corrected chi connectivity index (χ1v) is 16.1. The molecule has 0 radical (unpaired) electrons. The molecule has 5 atom stereocenters. The zero-order valence-corrected chi connectivity index (χ0v) is 25.0. The molecular formula is C35H35FN6O3. The fourth-order valence-corrected chi connectivity index (χ4v) is 8.93. The maximum Gasteiger partial charge on any atom is 0.319 e. The van der Waals surface area contributed by atoms with Gasteiger partial charge in [0.1, 0.15) is 29.4 Å². The Labute approximate surface area is 260 Å². The Morgan fingerprint density at radius 1 is 1.18 bits per heavy atom. The average Bonchev–Trinajstić information content (AvgIpc) is 3.81. The quantitative estimate of drug-likeness (QED) is 0.324. The van der Waals surface area contributed by atoms with Crippen LogP contribution in [0.25, 0.3) is 32.9 Å². The van der Waals surface area contributed by atoms with Crippen LogP contribution in [0.5, 0.6) is 11.8 Å². The van der Waals surface area contributed by atoms with Gasteiger partial charge in [-0.1, -0.05) is 18.1 Å². The number of phenolic OH excluding ortho intramolecular Hbond substituents is 1. The van der Waals surface area contributed by atoms with E-state index in [0.29, 0.717) is 63.8 Å². The summed E-state index contributed by atoms with van der Waals surface area (Å²) in [6.07, 6.45) is 12.9. The molecule has 2 bridgehead atoms. The summed E-state index contributed by atoms with van der Waals surface area (Å²) in [6, 6.07) is 9.96. The van der Waals surface area contributed by atoms with Crippen molar-refractivity contribution in [3.05, 3.63) is 47.9 Å². The van der Waals surface area contributed by atoms with E-state index in [4.69, 9.17) is 25.9 Å². The van der Waals surface area contributed by atoms with Gasteiger partial charge >= 0.3 is 6.01 Å². The molecule has 230 valence electrons. The number of fused-ring (bicyclic) bond motifs is 7. The summed E-state index contributed by atoms with van der Waals surface area (Å²) in [5.74, 6) is 3.29. The monoisotopic (exact) mass is 606 g/mol. The molecule has 0 amide bonds. The standard InChI is InChI=1S/C35H35FN6O3/c1-2-20-5-3-6-21-11-25(43)12-26(29(20)21)31-30(36)32-27(14-37-31)33(41-15-23-7-8-24(16-41)38-23)40-34(39-32)45-19-35-9-4-10-42(35)28-18-44-17-22(28)13-35/h1,3,5-6,11-12,14,22-24,28,38,43H,4,7-10,13,15-19H2/t22-,23?,24?,28+,35?/m1/s1. The van der Waals surface area contributed by atoms with Crippen LogP contribution in [0.15, 0.2) is 36.5 Å². The van der Waals surface area contributed by atoms with E-state index in [9.17, 15) is 5.11 Å². The van der Waals surface area contributed by atoms with Crippen molar-refractivity contribution in [1.82, 2.24) is 25.2 Å². The van der Waals surface area contributed by atoms with Crippen molar-refractivity contribution in [2.75, 3.05) is 44.4 Å². The Balaban J connectivity index is 1.16. The number of aromatic nitrogens is 3. The zero-order chi connectivity index (χ0) is 30.3. The van der Waals surface area contributed by atoms with Gasteiger partial charge in [-0.25, -0.2) is 4.39 Å². The van der Waals surface area contributed by atoms with Gasteiger partial charge in [0.2, 0.25) is 0 Å². The highest BCUT2D eigenvalue weighted by molar-refractivity contribution is 6.02. The lowest BCUT2D eigenvalue weighted by Crippen LogP contribution is -2.51. The second-order valence-electron chi connectivity index (χ2n) is 13.5. The van der Waals surface area contributed by atoms with Crippen LogP contribution in [0.3, 0.4) is 0 Å². The van der Waals surface area contributed by atoms with Crippen LogP contribution in [-0.2, 0) is 4.74 Å². The number of benzene rings is 2. The van der Waals surface area contributed by atoms with E-state index >= 15 is 4.39 Å². The minimum atomic E-state index is -0.592. The Bertz CT molecular complexity index is 1880. The number of piperazine rings is 1. The van der Waals surface area contributed by atoms with Crippen LogP contribution in [0.4, 0.5) is 10.2 Å². The SMILES string of the molecule is C#Cc1cccc2cc(O)cc(-c3ncc4c(N5CC6CCC(C5)N6)nc(OCC56CCCN5[C@H]5COC[C@H]5C6)nc4c3F)c12. The molecule has 9 rings (SSSR count). The van der Waals surface area contributed by atoms with Gasteiger partial charge in [0.05, 0.1) is 24.1 Å². The molecule has 45 heavy (non-hydrogen) atoms. The number of pyridine rings is 1. The van der Waals surface area contributed by atoms with Crippen LogP contribution in [0.2, 0.25) is 0 Å². The molecule has 5 aliphatic heterocycles. The lowest BCUT2D eigenvalue weighted by molar-refractivity contribution is 0.0582. The minimum Gasteiger partial charge on any atom is -0.508 e. The van der Waals surface area contributed by atoms with Gasteiger partial charge < -0.3 is 24.8 Å². The van der Waals surface area contributed by atoms with Crippen molar-refractivity contribution in [1.29, 1.82) is 0 Å². The third-order valence-corrected chi connectivity index (χ3v) is 10.9. The number of halogens is 1. The van der Waals surface area contributed by atoms with Gasteiger partial charge in [-0.05, 0) is 62.2 Å². The number of anilines is 1. The molecule has 2 aromatic carbocycles. The zero-order valence-electron chi connectivity index (χ0n) is 25.0. The summed E-state index contributed by atoms with van der Waals surface area (Å²) in [7, 11) is 0. The Hall–Kier alpha value is -4.04. The molecule has 3 unspecified atom stereocenters. The van der Waals surface area contributed by atoms with Crippen LogP contribution in [-0.4, -0.2) is 88.1 Å². The molecule has 2 aromatic heterocycles. The predicted molar refractivity (Wildman–Crippen MR) is 169 cm³/mol. The molecule has 4 aromatic rings. The molecule has 5 saturated heterocycles. The second kappa shape index (κ2) is 10.2. The molecule has 0 spiro atoms. The summed E-state index contributed by atoms with van der Waals surface area (Å²) in [5.41, 5.74) is 1.17. The summed E-state index contributed by atoms with van der Waals surface area (Å²) in [6.45, 7) is 4.63. The highest BCUT2D eigenvalue weighted by Crippen LogP contribution is 2.48. The van der Waals surface area contributed by atoms with Crippen molar-refractivity contribution < 1.29 is 19.0 Å². The molecule has 10 heteroatoms. The van der Waals surface area contributed by atoms with Gasteiger partial charge in [-0.3, -0.25) is 9.88 Å². The minimum absolute atomic E-state index is 0.00348. The number of rotatable bonds is 5. The van der Waals surface area contributed by atoms with Crippen molar-refractivity contribution in [2.24, 2.45) is 5.92 Å². The van der Waals surface area contributed by atoms with Gasteiger partial charge in [-0.2, -0.15) is 9.97 Å². The number of nitrogens with one attached hydrogen (secondary N) is 1. The summed E-state index contributed by atoms with van der Waals surface area (Å²) in [4.78, 5) is 19.1. The highest BCUT2D eigenvalue weighted by Gasteiger charge is 2.56.